The number of aliphatic imine (C=N–C) groups is 1. The number of benzene rings is 1. The minimum absolute atomic E-state index is 0.0596. The van der Waals surface area contributed by atoms with Crippen LogP contribution in [-0.2, 0) is 17.4 Å². The highest BCUT2D eigenvalue weighted by atomic mass is 19.4. The molecule has 0 fully saturated rings. The highest BCUT2D eigenvalue weighted by Crippen LogP contribution is 2.31. The normalized spacial score (nSPS) is 12.2. The molecule has 0 radical (unpaired) electrons. The molecule has 28 heavy (non-hydrogen) atoms. The molecule has 0 aliphatic rings. The fourth-order valence-electron chi connectivity index (χ4n) is 2.51. The molecule has 0 atom stereocenters. The minimum atomic E-state index is -4.43. The van der Waals surface area contributed by atoms with Crippen LogP contribution < -0.4 is 0 Å². The molecule has 0 saturated carbocycles. The predicted molar refractivity (Wildman–Crippen MR) is 97.8 cm³/mol. The van der Waals surface area contributed by atoms with Crippen LogP contribution in [0.25, 0.3) is 11.1 Å². The van der Waals surface area contributed by atoms with Gasteiger partial charge in [-0.2, -0.15) is 18.4 Å². The van der Waals surface area contributed by atoms with Gasteiger partial charge in [-0.3, -0.25) is 9.98 Å². The van der Waals surface area contributed by atoms with Crippen LogP contribution in [0.4, 0.5) is 13.2 Å². The number of pyridine rings is 1. The third-order valence-corrected chi connectivity index (χ3v) is 3.88. The van der Waals surface area contributed by atoms with E-state index in [1.165, 1.54) is 37.7 Å². The number of carbonyl (C=O) groups is 1. The van der Waals surface area contributed by atoms with E-state index in [9.17, 15) is 23.2 Å². The number of allylic oxidation sites excluding steroid dienone is 1. The van der Waals surface area contributed by atoms with Gasteiger partial charge in [0.15, 0.2) is 0 Å². The molecular formula is C20H16F3N3O2. The van der Waals surface area contributed by atoms with Gasteiger partial charge in [0, 0.05) is 30.7 Å². The predicted octanol–water partition coefficient (Wildman–Crippen LogP) is 4.28. The zero-order chi connectivity index (χ0) is 20.7. The Morgan fingerprint density at radius 3 is 2.54 bits per heavy atom. The Balaban J connectivity index is 2.22. The number of hydrogen-bond acceptors (Lipinski definition) is 4. The summed E-state index contributed by atoms with van der Waals surface area (Å²) in [5.74, 6) is -1.09. The van der Waals surface area contributed by atoms with Crippen molar-refractivity contribution >= 4 is 12.2 Å². The second kappa shape index (κ2) is 8.95. The van der Waals surface area contributed by atoms with E-state index >= 15 is 0 Å². The summed E-state index contributed by atoms with van der Waals surface area (Å²) in [5.41, 5.74) is 1.03. The number of aliphatic carboxylic acids is 1. The molecule has 5 nitrogen and oxygen atoms in total. The first-order chi connectivity index (χ1) is 13.3. The summed E-state index contributed by atoms with van der Waals surface area (Å²) in [7, 11) is 1.47. The molecule has 0 unspecified atom stereocenters. The average molecular weight is 387 g/mol. The van der Waals surface area contributed by atoms with Gasteiger partial charge in [0.2, 0.25) is 0 Å². The second-order valence-electron chi connectivity index (χ2n) is 5.80. The fraction of sp³-hybridized carbons (Fsp3) is 0.200. The molecule has 1 aromatic heterocycles. The van der Waals surface area contributed by atoms with Crippen molar-refractivity contribution in [1.29, 1.82) is 5.26 Å². The van der Waals surface area contributed by atoms with Crippen molar-refractivity contribution < 1.29 is 23.1 Å². The summed E-state index contributed by atoms with van der Waals surface area (Å²) < 4.78 is 38.0. The lowest BCUT2D eigenvalue weighted by molar-refractivity contribution is -0.137. The van der Waals surface area contributed by atoms with Crippen LogP contribution in [0.1, 0.15) is 23.2 Å². The largest absolute Gasteiger partial charge is 0.478 e. The summed E-state index contributed by atoms with van der Waals surface area (Å²) >= 11 is 0. The van der Waals surface area contributed by atoms with E-state index in [2.05, 4.69) is 9.98 Å². The fourth-order valence-corrected chi connectivity index (χ4v) is 2.51. The van der Waals surface area contributed by atoms with Gasteiger partial charge < -0.3 is 5.11 Å². The van der Waals surface area contributed by atoms with Gasteiger partial charge in [-0.25, -0.2) is 4.79 Å². The van der Waals surface area contributed by atoms with Crippen LogP contribution in [0.15, 0.2) is 53.2 Å². The lowest BCUT2D eigenvalue weighted by Crippen LogP contribution is -2.04. The summed E-state index contributed by atoms with van der Waals surface area (Å²) in [6, 6.07) is 8.08. The molecule has 2 aromatic rings. The topological polar surface area (TPSA) is 86.3 Å². The Bertz CT molecular complexity index is 956. The van der Waals surface area contributed by atoms with Crippen LogP contribution in [0, 0.1) is 11.3 Å². The number of aromatic nitrogens is 1. The van der Waals surface area contributed by atoms with Gasteiger partial charge in [0.05, 0.1) is 22.8 Å². The Kier molecular flexibility index (Phi) is 6.66. The van der Waals surface area contributed by atoms with E-state index in [-0.39, 0.29) is 11.1 Å². The number of halogens is 3. The molecule has 1 heterocycles. The number of carboxylic acids is 1. The molecule has 1 aromatic carbocycles. The Hall–Kier alpha value is -3.47. The first-order valence-electron chi connectivity index (χ1n) is 8.18. The minimum Gasteiger partial charge on any atom is -0.478 e. The standard InChI is InChI=1S/C20H16F3N3O2/c1-25-11-14(19(27)28)3-2-4-17-9-15(10-24)18(12-26-17)13-5-7-16(8-6-13)20(21,22)23/h3,5-9,11-12H,2,4H2,1H3,(H,27,28)/b14-3+,25-11-. The van der Waals surface area contributed by atoms with E-state index in [0.29, 0.717) is 29.7 Å². The van der Waals surface area contributed by atoms with Gasteiger partial charge in [0.1, 0.15) is 0 Å². The van der Waals surface area contributed by atoms with Crippen LogP contribution in [-0.4, -0.2) is 29.3 Å². The molecule has 2 rings (SSSR count). The third-order valence-electron chi connectivity index (χ3n) is 3.88. The zero-order valence-corrected chi connectivity index (χ0v) is 14.9. The summed E-state index contributed by atoms with van der Waals surface area (Å²) in [5, 5.41) is 18.4. The van der Waals surface area contributed by atoms with E-state index in [4.69, 9.17) is 5.11 Å². The van der Waals surface area contributed by atoms with Gasteiger partial charge in [-0.05, 0) is 36.6 Å². The molecule has 0 aliphatic carbocycles. The molecule has 0 bridgehead atoms. The monoisotopic (exact) mass is 387 g/mol. The highest BCUT2D eigenvalue weighted by molar-refractivity contribution is 6.08. The maximum Gasteiger partial charge on any atom is 0.416 e. The average Bonchev–Trinajstić information content (AvgIpc) is 2.66. The molecule has 1 N–H and O–H groups in total. The van der Waals surface area contributed by atoms with Crippen molar-refractivity contribution in [3.63, 3.8) is 0 Å². The van der Waals surface area contributed by atoms with Crippen molar-refractivity contribution in [3.8, 4) is 17.2 Å². The number of nitriles is 1. The number of aryl methyl sites for hydroxylation is 1. The van der Waals surface area contributed by atoms with E-state index in [0.717, 1.165) is 12.1 Å². The highest BCUT2D eigenvalue weighted by Gasteiger charge is 2.30. The summed E-state index contributed by atoms with van der Waals surface area (Å²) in [4.78, 5) is 18.9. The summed E-state index contributed by atoms with van der Waals surface area (Å²) in [6.07, 6.45) is 0.535. The van der Waals surface area contributed by atoms with Crippen LogP contribution >= 0.6 is 0 Å². The number of alkyl halides is 3. The Morgan fingerprint density at radius 2 is 2.00 bits per heavy atom. The van der Waals surface area contributed by atoms with Gasteiger partial charge in [-0.15, -0.1) is 0 Å². The van der Waals surface area contributed by atoms with Crippen LogP contribution in [0.2, 0.25) is 0 Å². The van der Waals surface area contributed by atoms with Crippen molar-refractivity contribution in [3.05, 3.63) is 65.0 Å². The van der Waals surface area contributed by atoms with E-state index < -0.39 is 17.7 Å². The number of carboxylic acid groups (broad SMARTS) is 1. The van der Waals surface area contributed by atoms with E-state index in [1.54, 1.807) is 6.07 Å². The maximum absolute atomic E-state index is 12.7. The van der Waals surface area contributed by atoms with Gasteiger partial charge in [0.25, 0.3) is 0 Å². The van der Waals surface area contributed by atoms with Crippen LogP contribution in [0.5, 0.6) is 0 Å². The zero-order valence-electron chi connectivity index (χ0n) is 14.9. The Labute approximate surface area is 159 Å². The third kappa shape index (κ3) is 5.27. The lowest BCUT2D eigenvalue weighted by atomic mass is 10.00. The van der Waals surface area contributed by atoms with Crippen molar-refractivity contribution in [2.24, 2.45) is 4.99 Å². The quantitative estimate of drug-likeness (QED) is 0.592. The molecule has 144 valence electrons. The van der Waals surface area contributed by atoms with Gasteiger partial charge in [-0.1, -0.05) is 18.2 Å². The number of nitrogens with zero attached hydrogens (tertiary/aromatic N) is 3. The SMILES string of the molecule is C/N=C\C(=C/CCc1cc(C#N)c(-c2ccc(C(F)(F)F)cc2)cn1)C(=O)O. The first-order valence-corrected chi connectivity index (χ1v) is 8.18. The smallest absolute Gasteiger partial charge is 0.416 e. The molecule has 0 aliphatic heterocycles. The van der Waals surface area contributed by atoms with Crippen molar-refractivity contribution in [2.75, 3.05) is 7.05 Å². The van der Waals surface area contributed by atoms with E-state index in [1.807, 2.05) is 6.07 Å². The Morgan fingerprint density at radius 1 is 1.32 bits per heavy atom. The first kappa shape index (κ1) is 20.8. The van der Waals surface area contributed by atoms with Crippen molar-refractivity contribution in [1.82, 2.24) is 4.98 Å². The van der Waals surface area contributed by atoms with Gasteiger partial charge >= 0.3 is 12.1 Å². The van der Waals surface area contributed by atoms with Crippen molar-refractivity contribution in [2.45, 2.75) is 19.0 Å². The second-order valence-corrected chi connectivity index (χ2v) is 5.80. The lowest BCUT2D eigenvalue weighted by Gasteiger charge is -2.09. The molecule has 0 amide bonds. The van der Waals surface area contributed by atoms with Crippen LogP contribution in [0.3, 0.4) is 0 Å². The molecular weight excluding hydrogens is 371 g/mol. The molecule has 8 heteroatoms. The maximum atomic E-state index is 12.7. The number of hydrogen-bond donors (Lipinski definition) is 1. The molecule has 0 saturated heterocycles. The summed E-state index contributed by atoms with van der Waals surface area (Å²) in [6.45, 7) is 0. The molecule has 0 spiro atoms. The number of rotatable bonds is 6.